The molecule has 2 aromatic rings. The fourth-order valence-electron chi connectivity index (χ4n) is 1.61. The molecule has 0 unspecified atom stereocenters. The third-order valence-corrected chi connectivity index (χ3v) is 2.47. The largest absolute Gasteiger partial charge is 0.477 e. The first-order valence-electron chi connectivity index (χ1n) is 5.43. The summed E-state index contributed by atoms with van der Waals surface area (Å²) in [6, 6.07) is 4.34. The summed E-state index contributed by atoms with van der Waals surface area (Å²) in [5.74, 6) is -1.05. The number of nitrogens with zero attached hydrogens (tertiary/aromatic N) is 2. The third kappa shape index (κ3) is 2.59. The molecular formula is C12H11N3O4. The van der Waals surface area contributed by atoms with Gasteiger partial charge in [-0.1, -0.05) is 11.2 Å². The highest BCUT2D eigenvalue weighted by atomic mass is 16.5. The summed E-state index contributed by atoms with van der Waals surface area (Å²) < 4.78 is 4.89. The maximum absolute atomic E-state index is 12.0. The standard InChI is InChI=1S/C12H11N3O4/c1-6-10(7(2)19-15-6)11(16)14-9-5-3-4-8(13-9)12(17)18/h3-5H,1-2H3,(H,17,18)(H,13,14,16). The van der Waals surface area contributed by atoms with Crippen molar-refractivity contribution in [2.75, 3.05) is 5.32 Å². The molecule has 0 bridgehead atoms. The van der Waals surface area contributed by atoms with Crippen LogP contribution in [0.1, 0.15) is 32.3 Å². The molecule has 0 aromatic carbocycles. The summed E-state index contributed by atoms with van der Waals surface area (Å²) >= 11 is 0. The predicted octanol–water partition coefficient (Wildman–Crippen LogP) is 1.64. The molecule has 2 rings (SSSR count). The molecule has 0 fully saturated rings. The fourth-order valence-corrected chi connectivity index (χ4v) is 1.61. The van der Waals surface area contributed by atoms with Crippen LogP contribution in [0.4, 0.5) is 5.82 Å². The van der Waals surface area contributed by atoms with Crippen molar-refractivity contribution in [2.45, 2.75) is 13.8 Å². The number of aryl methyl sites for hydroxylation is 2. The van der Waals surface area contributed by atoms with Crippen LogP contribution in [0.5, 0.6) is 0 Å². The Morgan fingerprint density at radius 3 is 2.63 bits per heavy atom. The lowest BCUT2D eigenvalue weighted by Crippen LogP contribution is -2.15. The van der Waals surface area contributed by atoms with Crippen LogP contribution >= 0.6 is 0 Å². The van der Waals surface area contributed by atoms with Gasteiger partial charge in [0.15, 0.2) is 5.69 Å². The molecule has 98 valence electrons. The lowest BCUT2D eigenvalue weighted by Gasteiger charge is -2.04. The topological polar surface area (TPSA) is 105 Å². The minimum Gasteiger partial charge on any atom is -0.477 e. The van der Waals surface area contributed by atoms with Crippen LogP contribution in [0, 0.1) is 13.8 Å². The van der Waals surface area contributed by atoms with E-state index in [2.05, 4.69) is 15.5 Å². The second kappa shape index (κ2) is 4.89. The zero-order valence-corrected chi connectivity index (χ0v) is 10.3. The Hall–Kier alpha value is -2.70. The number of anilines is 1. The van der Waals surface area contributed by atoms with E-state index in [9.17, 15) is 9.59 Å². The van der Waals surface area contributed by atoms with Crippen LogP contribution in [0.25, 0.3) is 0 Å². The Balaban J connectivity index is 2.24. The molecule has 0 atom stereocenters. The summed E-state index contributed by atoms with van der Waals surface area (Å²) in [4.78, 5) is 26.6. The SMILES string of the molecule is Cc1noc(C)c1C(=O)Nc1cccc(C(=O)O)n1. The molecule has 2 N–H and O–H groups in total. The molecule has 0 aliphatic carbocycles. The van der Waals surface area contributed by atoms with Crippen molar-refractivity contribution in [1.82, 2.24) is 10.1 Å². The van der Waals surface area contributed by atoms with Crippen LogP contribution in [-0.2, 0) is 0 Å². The number of carbonyl (C=O) groups excluding carboxylic acids is 1. The van der Waals surface area contributed by atoms with Crippen molar-refractivity contribution in [3.05, 3.63) is 40.9 Å². The molecule has 2 heterocycles. The van der Waals surface area contributed by atoms with Gasteiger partial charge >= 0.3 is 5.97 Å². The van der Waals surface area contributed by atoms with E-state index in [1.807, 2.05) is 0 Å². The summed E-state index contributed by atoms with van der Waals surface area (Å²) in [6.45, 7) is 3.27. The number of carboxylic acid groups (broad SMARTS) is 1. The molecule has 7 nitrogen and oxygen atoms in total. The van der Waals surface area contributed by atoms with Gasteiger partial charge in [-0.25, -0.2) is 9.78 Å². The Morgan fingerprint density at radius 1 is 1.32 bits per heavy atom. The number of pyridine rings is 1. The van der Waals surface area contributed by atoms with Gasteiger partial charge in [-0.2, -0.15) is 0 Å². The molecule has 0 radical (unpaired) electrons. The Labute approximate surface area is 108 Å². The van der Waals surface area contributed by atoms with Gasteiger partial charge in [-0.15, -0.1) is 0 Å². The second-order valence-electron chi connectivity index (χ2n) is 3.87. The van der Waals surface area contributed by atoms with Crippen molar-refractivity contribution < 1.29 is 19.2 Å². The van der Waals surface area contributed by atoms with Crippen molar-refractivity contribution in [3.63, 3.8) is 0 Å². The number of rotatable bonds is 3. The number of hydrogen-bond acceptors (Lipinski definition) is 5. The maximum Gasteiger partial charge on any atom is 0.354 e. The van der Waals surface area contributed by atoms with Crippen LogP contribution in [-0.4, -0.2) is 27.1 Å². The van der Waals surface area contributed by atoms with E-state index >= 15 is 0 Å². The molecule has 0 aliphatic heterocycles. The molecule has 7 heteroatoms. The van der Waals surface area contributed by atoms with E-state index in [-0.39, 0.29) is 11.5 Å². The first-order valence-corrected chi connectivity index (χ1v) is 5.43. The lowest BCUT2D eigenvalue weighted by molar-refractivity contribution is 0.0690. The summed E-state index contributed by atoms with van der Waals surface area (Å²) in [6.07, 6.45) is 0. The van der Waals surface area contributed by atoms with Crippen molar-refractivity contribution in [1.29, 1.82) is 0 Å². The quantitative estimate of drug-likeness (QED) is 0.870. The smallest absolute Gasteiger partial charge is 0.354 e. The minimum absolute atomic E-state index is 0.142. The van der Waals surface area contributed by atoms with Gasteiger partial charge in [0.1, 0.15) is 17.1 Å². The minimum atomic E-state index is -1.16. The maximum atomic E-state index is 12.0. The monoisotopic (exact) mass is 261 g/mol. The number of amides is 1. The number of aromatic carboxylic acids is 1. The first-order chi connectivity index (χ1) is 8.99. The third-order valence-electron chi connectivity index (χ3n) is 2.47. The molecule has 1 amide bonds. The van der Waals surface area contributed by atoms with Gasteiger partial charge in [0, 0.05) is 0 Å². The van der Waals surface area contributed by atoms with Crippen LogP contribution in [0.15, 0.2) is 22.7 Å². The van der Waals surface area contributed by atoms with Crippen LogP contribution < -0.4 is 5.32 Å². The Kier molecular flexibility index (Phi) is 3.28. The van der Waals surface area contributed by atoms with Gasteiger partial charge in [-0.3, -0.25) is 4.79 Å². The molecule has 0 aliphatic rings. The number of hydrogen-bond donors (Lipinski definition) is 2. The average molecular weight is 261 g/mol. The summed E-state index contributed by atoms with van der Waals surface area (Å²) in [5.41, 5.74) is 0.642. The van der Waals surface area contributed by atoms with E-state index in [1.54, 1.807) is 13.8 Å². The van der Waals surface area contributed by atoms with Gasteiger partial charge in [0.2, 0.25) is 0 Å². The van der Waals surface area contributed by atoms with Gasteiger partial charge in [0.25, 0.3) is 5.91 Å². The number of nitrogens with one attached hydrogen (secondary N) is 1. The Bertz CT molecular complexity index is 629. The highest BCUT2D eigenvalue weighted by Crippen LogP contribution is 2.14. The summed E-state index contributed by atoms with van der Waals surface area (Å²) in [7, 11) is 0. The van der Waals surface area contributed by atoms with E-state index in [0.717, 1.165) is 0 Å². The van der Waals surface area contributed by atoms with E-state index in [1.165, 1.54) is 18.2 Å². The molecule has 2 aromatic heterocycles. The fraction of sp³-hybridized carbons (Fsp3) is 0.167. The summed E-state index contributed by atoms with van der Waals surface area (Å²) in [5, 5.41) is 15.0. The van der Waals surface area contributed by atoms with E-state index < -0.39 is 11.9 Å². The average Bonchev–Trinajstić information content (AvgIpc) is 2.69. The number of carbonyl (C=O) groups is 2. The lowest BCUT2D eigenvalue weighted by atomic mass is 10.2. The molecule has 19 heavy (non-hydrogen) atoms. The molecule has 0 saturated carbocycles. The predicted molar refractivity (Wildman–Crippen MR) is 65.1 cm³/mol. The van der Waals surface area contributed by atoms with Gasteiger partial charge < -0.3 is 14.9 Å². The zero-order valence-electron chi connectivity index (χ0n) is 10.3. The van der Waals surface area contributed by atoms with Gasteiger partial charge in [-0.05, 0) is 26.0 Å². The highest BCUT2D eigenvalue weighted by molar-refractivity contribution is 6.05. The van der Waals surface area contributed by atoms with Crippen LogP contribution in [0.3, 0.4) is 0 Å². The zero-order chi connectivity index (χ0) is 14.0. The molecule has 0 spiro atoms. The van der Waals surface area contributed by atoms with Crippen molar-refractivity contribution >= 4 is 17.7 Å². The Morgan fingerprint density at radius 2 is 2.05 bits per heavy atom. The van der Waals surface area contributed by atoms with Gasteiger partial charge in [0.05, 0.1) is 5.69 Å². The van der Waals surface area contributed by atoms with E-state index in [4.69, 9.17) is 9.63 Å². The van der Waals surface area contributed by atoms with Crippen molar-refractivity contribution in [3.8, 4) is 0 Å². The number of aromatic nitrogens is 2. The first kappa shape index (κ1) is 12.7. The van der Waals surface area contributed by atoms with E-state index in [0.29, 0.717) is 17.0 Å². The molecular weight excluding hydrogens is 250 g/mol. The van der Waals surface area contributed by atoms with Crippen LogP contribution in [0.2, 0.25) is 0 Å². The second-order valence-corrected chi connectivity index (χ2v) is 3.87. The van der Waals surface area contributed by atoms with Crippen molar-refractivity contribution in [2.24, 2.45) is 0 Å². The highest BCUT2D eigenvalue weighted by Gasteiger charge is 2.18. The number of carboxylic acids is 1. The molecule has 0 saturated heterocycles. The normalized spacial score (nSPS) is 10.2.